The highest BCUT2D eigenvalue weighted by Gasteiger charge is 2.22. The lowest BCUT2D eigenvalue weighted by Crippen LogP contribution is -2.30. The van der Waals surface area contributed by atoms with E-state index in [4.69, 9.17) is 11.6 Å². The molecule has 3 aromatic rings. The van der Waals surface area contributed by atoms with Crippen LogP contribution in [0, 0.1) is 6.92 Å². The fraction of sp³-hybridized carbons (Fsp3) is 0.333. The molecule has 0 unspecified atom stereocenters. The fourth-order valence-electron chi connectivity index (χ4n) is 3.66. The van der Waals surface area contributed by atoms with Gasteiger partial charge in [0.25, 0.3) is 0 Å². The van der Waals surface area contributed by atoms with Crippen LogP contribution in [0.5, 0.6) is 0 Å². The second kappa shape index (κ2) is 8.20. The Morgan fingerprint density at radius 1 is 1.11 bits per heavy atom. The summed E-state index contributed by atoms with van der Waals surface area (Å²) in [5.74, 6) is 1.40. The normalized spacial score (nSPS) is 14.9. The Hall–Kier alpha value is -2.57. The van der Waals surface area contributed by atoms with Crippen molar-refractivity contribution in [1.82, 2.24) is 24.6 Å². The maximum atomic E-state index is 13.1. The molecule has 2 aromatic heterocycles. The predicted molar refractivity (Wildman–Crippen MR) is 108 cm³/mol. The summed E-state index contributed by atoms with van der Waals surface area (Å²) < 4.78 is 1.96. The Morgan fingerprint density at radius 3 is 2.68 bits per heavy atom. The first kappa shape index (κ1) is 18.8. The second-order valence-electron chi connectivity index (χ2n) is 7.04. The van der Waals surface area contributed by atoms with Crippen LogP contribution in [-0.4, -0.2) is 43.5 Å². The summed E-state index contributed by atoms with van der Waals surface area (Å²) in [5.41, 5.74) is 1.61. The molecule has 144 valence electrons. The summed E-state index contributed by atoms with van der Waals surface area (Å²) in [6.45, 7) is 4.73. The number of hydrogen-bond donors (Lipinski definition) is 0. The zero-order valence-electron chi connectivity index (χ0n) is 15.8. The summed E-state index contributed by atoms with van der Waals surface area (Å²) >= 11 is 6.22. The number of piperidine rings is 1. The van der Waals surface area contributed by atoms with Crippen LogP contribution in [0.15, 0.2) is 42.6 Å². The van der Waals surface area contributed by atoms with Crippen molar-refractivity contribution >= 4 is 17.4 Å². The fourth-order valence-corrected chi connectivity index (χ4v) is 3.83. The summed E-state index contributed by atoms with van der Waals surface area (Å²) in [4.78, 5) is 19.7. The van der Waals surface area contributed by atoms with Crippen LogP contribution in [0.3, 0.4) is 0 Å². The standard InChI is InChI=1S/C21H22ClN5O/c1-15-24-25-20(14-26-11-5-2-6-12-26)27(15)19-9-8-16(22)13-17(19)21(28)18-7-3-4-10-23-18/h3-4,7-10,13H,2,5-6,11-12,14H2,1H3. The van der Waals surface area contributed by atoms with E-state index in [9.17, 15) is 4.79 Å². The van der Waals surface area contributed by atoms with Gasteiger partial charge in [0.1, 0.15) is 11.5 Å². The van der Waals surface area contributed by atoms with Crippen LogP contribution < -0.4 is 0 Å². The van der Waals surface area contributed by atoms with Crippen molar-refractivity contribution in [2.45, 2.75) is 32.7 Å². The lowest BCUT2D eigenvalue weighted by Gasteiger charge is -2.26. The zero-order chi connectivity index (χ0) is 19.5. The van der Waals surface area contributed by atoms with Crippen molar-refractivity contribution in [2.75, 3.05) is 13.1 Å². The molecule has 1 aromatic carbocycles. The smallest absolute Gasteiger partial charge is 0.213 e. The van der Waals surface area contributed by atoms with E-state index in [1.54, 1.807) is 36.5 Å². The minimum Gasteiger partial charge on any atom is -0.296 e. The minimum absolute atomic E-state index is 0.171. The van der Waals surface area contributed by atoms with Crippen LogP contribution >= 0.6 is 11.6 Å². The van der Waals surface area contributed by atoms with Gasteiger partial charge in [-0.25, -0.2) is 0 Å². The number of aromatic nitrogens is 4. The molecule has 0 saturated carbocycles. The number of nitrogens with zero attached hydrogens (tertiary/aromatic N) is 5. The molecular weight excluding hydrogens is 374 g/mol. The summed E-state index contributed by atoms with van der Waals surface area (Å²) in [6.07, 6.45) is 5.31. The minimum atomic E-state index is -0.171. The number of aryl methyl sites for hydroxylation is 1. The highest BCUT2D eigenvalue weighted by atomic mass is 35.5. The van der Waals surface area contributed by atoms with Crippen molar-refractivity contribution < 1.29 is 4.79 Å². The molecule has 0 bridgehead atoms. The van der Waals surface area contributed by atoms with Gasteiger partial charge in [0, 0.05) is 16.8 Å². The van der Waals surface area contributed by atoms with Gasteiger partial charge in [-0.1, -0.05) is 24.1 Å². The zero-order valence-corrected chi connectivity index (χ0v) is 16.6. The third-order valence-electron chi connectivity index (χ3n) is 5.05. The van der Waals surface area contributed by atoms with E-state index in [0.29, 0.717) is 22.8 Å². The van der Waals surface area contributed by atoms with E-state index in [-0.39, 0.29) is 5.78 Å². The molecule has 4 rings (SSSR count). The van der Waals surface area contributed by atoms with Gasteiger partial charge >= 0.3 is 0 Å². The van der Waals surface area contributed by atoms with E-state index >= 15 is 0 Å². The first-order valence-corrected chi connectivity index (χ1v) is 9.90. The molecule has 7 heteroatoms. The van der Waals surface area contributed by atoms with E-state index < -0.39 is 0 Å². The van der Waals surface area contributed by atoms with Crippen molar-refractivity contribution in [3.05, 3.63) is 70.5 Å². The van der Waals surface area contributed by atoms with Gasteiger partial charge in [-0.05, 0) is 63.2 Å². The molecular formula is C21H22ClN5O. The number of pyridine rings is 1. The van der Waals surface area contributed by atoms with Crippen molar-refractivity contribution in [2.24, 2.45) is 0 Å². The van der Waals surface area contributed by atoms with Gasteiger partial charge in [-0.3, -0.25) is 19.2 Å². The van der Waals surface area contributed by atoms with Gasteiger partial charge < -0.3 is 0 Å². The van der Waals surface area contributed by atoms with Gasteiger partial charge in [-0.15, -0.1) is 10.2 Å². The molecule has 0 radical (unpaired) electrons. The molecule has 0 amide bonds. The molecule has 1 saturated heterocycles. The Balaban J connectivity index is 1.76. The van der Waals surface area contributed by atoms with Crippen LogP contribution in [0.4, 0.5) is 0 Å². The van der Waals surface area contributed by atoms with Crippen LogP contribution in [-0.2, 0) is 6.54 Å². The molecule has 0 atom stereocenters. The number of benzene rings is 1. The van der Waals surface area contributed by atoms with Gasteiger partial charge in [0.15, 0.2) is 5.82 Å². The van der Waals surface area contributed by atoms with Crippen molar-refractivity contribution in [1.29, 1.82) is 0 Å². The van der Waals surface area contributed by atoms with E-state index in [2.05, 4.69) is 20.1 Å². The lowest BCUT2D eigenvalue weighted by atomic mass is 10.0. The average Bonchev–Trinajstić information content (AvgIpc) is 3.09. The highest BCUT2D eigenvalue weighted by Crippen LogP contribution is 2.25. The SMILES string of the molecule is Cc1nnc(CN2CCCCC2)n1-c1ccc(Cl)cc1C(=O)c1ccccn1. The largest absolute Gasteiger partial charge is 0.296 e. The first-order chi connectivity index (χ1) is 13.6. The molecule has 0 spiro atoms. The molecule has 28 heavy (non-hydrogen) atoms. The van der Waals surface area contributed by atoms with Gasteiger partial charge in [-0.2, -0.15) is 0 Å². The third-order valence-corrected chi connectivity index (χ3v) is 5.28. The predicted octanol–water partition coefficient (Wildman–Crippen LogP) is 3.84. The van der Waals surface area contributed by atoms with E-state index in [1.807, 2.05) is 17.6 Å². The number of halogens is 1. The maximum absolute atomic E-state index is 13.1. The average molecular weight is 396 g/mol. The number of rotatable bonds is 5. The number of ketones is 1. The maximum Gasteiger partial charge on any atom is 0.213 e. The molecule has 1 aliphatic rings. The highest BCUT2D eigenvalue weighted by molar-refractivity contribution is 6.31. The molecule has 1 fully saturated rings. The lowest BCUT2D eigenvalue weighted by molar-refractivity contribution is 0.103. The Bertz CT molecular complexity index is 980. The molecule has 0 aliphatic carbocycles. The van der Waals surface area contributed by atoms with Crippen molar-refractivity contribution in [3.8, 4) is 5.69 Å². The Morgan fingerprint density at radius 2 is 1.93 bits per heavy atom. The van der Waals surface area contributed by atoms with Gasteiger partial charge in [0.05, 0.1) is 12.2 Å². The summed E-state index contributed by atoms with van der Waals surface area (Å²) in [7, 11) is 0. The molecule has 3 heterocycles. The quantitative estimate of drug-likeness (QED) is 0.614. The van der Waals surface area contributed by atoms with E-state index in [0.717, 1.165) is 30.4 Å². The molecule has 1 aliphatic heterocycles. The third kappa shape index (κ3) is 3.84. The number of likely N-dealkylation sites (tertiary alicyclic amines) is 1. The number of carbonyl (C=O) groups excluding carboxylic acids is 1. The summed E-state index contributed by atoms with van der Waals surface area (Å²) in [6, 6.07) is 10.6. The van der Waals surface area contributed by atoms with Crippen LogP contribution in [0.25, 0.3) is 5.69 Å². The van der Waals surface area contributed by atoms with Crippen LogP contribution in [0.1, 0.15) is 47.0 Å². The van der Waals surface area contributed by atoms with Gasteiger partial charge in [0.2, 0.25) is 5.78 Å². The summed E-state index contributed by atoms with van der Waals surface area (Å²) in [5, 5.41) is 9.18. The Labute approximate surface area is 169 Å². The monoisotopic (exact) mass is 395 g/mol. The topological polar surface area (TPSA) is 63.9 Å². The Kier molecular flexibility index (Phi) is 5.50. The molecule has 6 nitrogen and oxygen atoms in total. The van der Waals surface area contributed by atoms with Crippen LogP contribution in [0.2, 0.25) is 5.02 Å². The molecule has 0 N–H and O–H groups in total. The van der Waals surface area contributed by atoms with E-state index in [1.165, 1.54) is 19.3 Å². The van der Waals surface area contributed by atoms with Crippen molar-refractivity contribution in [3.63, 3.8) is 0 Å². The number of hydrogen-bond acceptors (Lipinski definition) is 5. The first-order valence-electron chi connectivity index (χ1n) is 9.52. The number of carbonyl (C=O) groups is 1. The second-order valence-corrected chi connectivity index (χ2v) is 7.48.